The number of aryl methyl sites for hydroxylation is 1. The van der Waals surface area contributed by atoms with Crippen LogP contribution in [0.4, 0.5) is 5.69 Å². The number of carbonyl (C=O) groups is 1. The Bertz CT molecular complexity index is 1340. The fraction of sp³-hybridized carbons (Fsp3) is 0.320. The second kappa shape index (κ2) is 10.1. The minimum atomic E-state index is -3.82. The van der Waals surface area contributed by atoms with Gasteiger partial charge in [-0.05, 0) is 50.2 Å². The molecule has 0 atom stereocenters. The Labute approximate surface area is 205 Å². The first-order valence-electron chi connectivity index (χ1n) is 11.2. The molecule has 35 heavy (non-hydrogen) atoms. The monoisotopic (exact) mass is 499 g/mol. The highest BCUT2D eigenvalue weighted by Gasteiger charge is 2.30. The normalized spacial score (nSPS) is 14.5. The molecular weight excluding hydrogens is 470 g/mol. The van der Waals surface area contributed by atoms with Gasteiger partial charge in [0.15, 0.2) is 0 Å². The van der Waals surface area contributed by atoms with Crippen molar-refractivity contribution in [3.8, 4) is 17.2 Å². The predicted molar refractivity (Wildman–Crippen MR) is 132 cm³/mol. The van der Waals surface area contributed by atoms with E-state index in [-0.39, 0.29) is 29.6 Å². The molecule has 9 nitrogen and oxygen atoms in total. The summed E-state index contributed by atoms with van der Waals surface area (Å²) in [5, 5.41) is 2.84. The van der Waals surface area contributed by atoms with Crippen molar-refractivity contribution in [1.82, 2.24) is 8.87 Å². The molecule has 0 spiro atoms. The lowest BCUT2D eigenvalue weighted by Crippen LogP contribution is -2.40. The first-order valence-corrected chi connectivity index (χ1v) is 12.6. The smallest absolute Gasteiger partial charge is 0.257 e. The summed E-state index contributed by atoms with van der Waals surface area (Å²) in [6.45, 7) is 4.98. The van der Waals surface area contributed by atoms with Crippen LogP contribution in [0.5, 0.6) is 11.5 Å². The number of hydrogen-bond acceptors (Lipinski definition) is 6. The van der Waals surface area contributed by atoms with Crippen LogP contribution in [-0.4, -0.2) is 63.7 Å². The zero-order valence-electron chi connectivity index (χ0n) is 20.2. The molecule has 1 aromatic heterocycles. The largest absolute Gasteiger partial charge is 0.497 e. The van der Waals surface area contributed by atoms with Crippen molar-refractivity contribution in [1.29, 1.82) is 0 Å². The second-order valence-electron chi connectivity index (χ2n) is 8.16. The van der Waals surface area contributed by atoms with E-state index in [1.165, 1.54) is 17.5 Å². The van der Waals surface area contributed by atoms with Crippen LogP contribution in [0.2, 0.25) is 0 Å². The minimum Gasteiger partial charge on any atom is -0.497 e. The number of anilines is 1. The Balaban J connectivity index is 1.64. The maximum atomic E-state index is 13.3. The van der Waals surface area contributed by atoms with Crippen LogP contribution in [0.25, 0.3) is 5.69 Å². The van der Waals surface area contributed by atoms with Crippen LogP contribution in [0.1, 0.15) is 21.7 Å². The number of methoxy groups -OCH3 is 2. The lowest BCUT2D eigenvalue weighted by atomic mass is 10.2. The maximum absolute atomic E-state index is 13.3. The summed E-state index contributed by atoms with van der Waals surface area (Å²) < 4.78 is 45.8. The highest BCUT2D eigenvalue weighted by molar-refractivity contribution is 7.89. The lowest BCUT2D eigenvalue weighted by molar-refractivity contribution is 0.0729. The van der Waals surface area contributed by atoms with E-state index >= 15 is 0 Å². The number of amides is 1. The Morgan fingerprint density at radius 1 is 1.00 bits per heavy atom. The van der Waals surface area contributed by atoms with Crippen LogP contribution >= 0.6 is 0 Å². The zero-order valence-corrected chi connectivity index (χ0v) is 21.0. The number of nitrogens with zero attached hydrogens (tertiary/aromatic N) is 2. The van der Waals surface area contributed by atoms with Crippen molar-refractivity contribution in [3.63, 3.8) is 0 Å². The topological polar surface area (TPSA) is 99.1 Å². The lowest BCUT2D eigenvalue weighted by Gasteiger charge is -2.26. The number of rotatable bonds is 7. The molecule has 1 fully saturated rings. The minimum absolute atomic E-state index is 0.00144. The van der Waals surface area contributed by atoms with Gasteiger partial charge in [0.25, 0.3) is 5.91 Å². The third kappa shape index (κ3) is 4.90. The highest BCUT2D eigenvalue weighted by Crippen LogP contribution is 2.31. The van der Waals surface area contributed by atoms with Crippen molar-refractivity contribution >= 4 is 21.6 Å². The molecule has 186 valence electrons. The van der Waals surface area contributed by atoms with Crippen molar-refractivity contribution in [2.24, 2.45) is 0 Å². The van der Waals surface area contributed by atoms with Crippen molar-refractivity contribution in [2.75, 3.05) is 45.8 Å². The van der Waals surface area contributed by atoms with Gasteiger partial charge < -0.3 is 24.1 Å². The number of morpholine rings is 1. The number of benzene rings is 2. The van der Waals surface area contributed by atoms with Crippen molar-refractivity contribution < 1.29 is 27.4 Å². The summed E-state index contributed by atoms with van der Waals surface area (Å²) in [5.41, 5.74) is 3.35. The number of sulfonamides is 1. The van der Waals surface area contributed by atoms with Crippen LogP contribution < -0.4 is 14.8 Å². The molecule has 1 saturated heterocycles. The molecular formula is C25H29N3O6S. The van der Waals surface area contributed by atoms with Gasteiger partial charge in [-0.15, -0.1) is 0 Å². The SMILES string of the molecule is COc1cccc(-n2c(C)cc(C(=O)Nc3ccc(OC)c(S(=O)(=O)N4CCOCC4)c3)c2C)c1. The quantitative estimate of drug-likeness (QED) is 0.535. The number of aromatic nitrogens is 1. The molecule has 0 bridgehead atoms. The van der Waals surface area contributed by atoms with Gasteiger partial charge in [-0.25, -0.2) is 8.42 Å². The molecule has 10 heteroatoms. The summed E-state index contributed by atoms with van der Waals surface area (Å²) in [4.78, 5) is 13.2. The summed E-state index contributed by atoms with van der Waals surface area (Å²) in [6, 6.07) is 14.0. The predicted octanol–water partition coefficient (Wildman–Crippen LogP) is 3.38. The van der Waals surface area contributed by atoms with E-state index in [4.69, 9.17) is 14.2 Å². The number of carbonyl (C=O) groups excluding carboxylic acids is 1. The van der Waals surface area contributed by atoms with Crippen LogP contribution in [0, 0.1) is 13.8 Å². The molecule has 1 aliphatic rings. The molecule has 1 amide bonds. The molecule has 0 aliphatic carbocycles. The van der Waals surface area contributed by atoms with Crippen molar-refractivity contribution in [3.05, 3.63) is 65.5 Å². The molecule has 2 aromatic carbocycles. The number of hydrogen-bond donors (Lipinski definition) is 1. The van der Waals surface area contributed by atoms with Gasteiger partial charge in [0.05, 0.1) is 33.0 Å². The number of nitrogens with one attached hydrogen (secondary N) is 1. The highest BCUT2D eigenvalue weighted by atomic mass is 32.2. The summed E-state index contributed by atoms with van der Waals surface area (Å²) in [5.74, 6) is 0.589. The van der Waals surface area contributed by atoms with E-state index in [0.717, 1.165) is 17.1 Å². The molecule has 1 aliphatic heterocycles. The van der Waals surface area contributed by atoms with Crippen LogP contribution in [-0.2, 0) is 14.8 Å². The van der Waals surface area contributed by atoms with E-state index in [1.807, 2.05) is 42.7 Å². The van der Waals surface area contributed by atoms with Gasteiger partial charge in [0, 0.05) is 41.9 Å². The van der Waals surface area contributed by atoms with Crippen LogP contribution in [0.15, 0.2) is 53.4 Å². The summed E-state index contributed by atoms with van der Waals surface area (Å²) in [7, 11) is -0.797. The first kappa shape index (κ1) is 24.8. The van der Waals surface area contributed by atoms with Gasteiger partial charge in [-0.2, -0.15) is 4.31 Å². The maximum Gasteiger partial charge on any atom is 0.257 e. The van der Waals surface area contributed by atoms with E-state index in [9.17, 15) is 13.2 Å². The fourth-order valence-corrected chi connectivity index (χ4v) is 5.81. The average Bonchev–Trinajstić information content (AvgIpc) is 3.18. The van der Waals surface area contributed by atoms with Crippen molar-refractivity contribution in [2.45, 2.75) is 18.7 Å². The third-order valence-electron chi connectivity index (χ3n) is 6.00. The van der Waals surface area contributed by atoms with E-state index in [2.05, 4.69) is 5.32 Å². The third-order valence-corrected chi connectivity index (χ3v) is 7.92. The molecule has 1 N–H and O–H groups in total. The Kier molecular flexibility index (Phi) is 7.15. The average molecular weight is 500 g/mol. The summed E-state index contributed by atoms with van der Waals surface area (Å²) in [6.07, 6.45) is 0. The summed E-state index contributed by atoms with van der Waals surface area (Å²) >= 11 is 0. The van der Waals surface area contributed by atoms with Gasteiger partial charge >= 0.3 is 0 Å². The Morgan fingerprint density at radius 2 is 1.74 bits per heavy atom. The van der Waals surface area contributed by atoms with Gasteiger partial charge in [0.2, 0.25) is 10.0 Å². The standard InChI is InChI=1S/C25H29N3O6S/c1-17-14-22(18(2)28(17)20-6-5-7-21(16-20)32-3)25(29)26-19-8-9-23(33-4)24(15-19)35(30,31)27-10-12-34-13-11-27/h5-9,14-16H,10-13H2,1-4H3,(H,26,29). The number of ether oxygens (including phenoxy) is 3. The fourth-order valence-electron chi connectivity index (χ4n) is 4.22. The molecule has 0 unspecified atom stereocenters. The van der Waals surface area contributed by atoms with Crippen LogP contribution in [0.3, 0.4) is 0 Å². The van der Waals surface area contributed by atoms with Gasteiger partial charge in [0.1, 0.15) is 16.4 Å². The second-order valence-corrected chi connectivity index (χ2v) is 10.1. The Hall–Kier alpha value is -3.34. The molecule has 0 radical (unpaired) electrons. The molecule has 3 aromatic rings. The molecule has 0 saturated carbocycles. The van der Waals surface area contributed by atoms with Gasteiger partial charge in [-0.3, -0.25) is 4.79 Å². The van der Waals surface area contributed by atoms with E-state index in [1.54, 1.807) is 25.3 Å². The van der Waals surface area contributed by atoms with Gasteiger partial charge in [-0.1, -0.05) is 6.07 Å². The van der Waals surface area contributed by atoms with E-state index < -0.39 is 10.0 Å². The molecule has 4 rings (SSSR count). The Morgan fingerprint density at radius 3 is 2.43 bits per heavy atom. The first-order chi connectivity index (χ1) is 16.8. The zero-order chi connectivity index (χ0) is 25.2. The molecule has 2 heterocycles. The van der Waals surface area contributed by atoms with E-state index in [0.29, 0.717) is 30.2 Å².